The molecular formula is C25H32IN5. The Kier molecular flexibility index (Phi) is 8.94. The van der Waals surface area contributed by atoms with Crippen molar-refractivity contribution >= 4 is 29.9 Å². The van der Waals surface area contributed by atoms with Gasteiger partial charge in [-0.15, -0.1) is 24.0 Å². The normalized spacial score (nSPS) is 14.7. The summed E-state index contributed by atoms with van der Waals surface area (Å²) in [4.78, 5) is 8.55. The number of guanidine groups is 1. The Morgan fingerprint density at radius 3 is 2.55 bits per heavy atom. The van der Waals surface area contributed by atoms with E-state index in [1.165, 1.54) is 54.4 Å². The maximum atomic E-state index is 4.43. The van der Waals surface area contributed by atoms with Crippen LogP contribution < -0.4 is 10.6 Å². The van der Waals surface area contributed by atoms with Crippen molar-refractivity contribution in [1.82, 2.24) is 20.2 Å². The second kappa shape index (κ2) is 11.9. The van der Waals surface area contributed by atoms with Crippen LogP contribution in [-0.4, -0.2) is 28.6 Å². The van der Waals surface area contributed by atoms with E-state index in [4.69, 9.17) is 0 Å². The lowest BCUT2D eigenvalue weighted by Crippen LogP contribution is -2.43. The molecule has 164 valence electrons. The van der Waals surface area contributed by atoms with Gasteiger partial charge >= 0.3 is 0 Å². The zero-order chi connectivity index (χ0) is 20.6. The van der Waals surface area contributed by atoms with Gasteiger partial charge < -0.3 is 15.2 Å². The van der Waals surface area contributed by atoms with E-state index in [1.807, 2.05) is 25.8 Å². The van der Waals surface area contributed by atoms with Crippen molar-refractivity contribution in [3.8, 4) is 11.1 Å². The lowest BCUT2D eigenvalue weighted by atomic mass is 9.96. The van der Waals surface area contributed by atoms with Gasteiger partial charge in [0, 0.05) is 38.6 Å². The molecule has 1 aliphatic carbocycles. The first-order chi connectivity index (χ1) is 14.8. The van der Waals surface area contributed by atoms with Gasteiger partial charge in [-0.25, -0.2) is 4.98 Å². The number of rotatable bonds is 6. The predicted molar refractivity (Wildman–Crippen MR) is 139 cm³/mol. The average Bonchev–Trinajstić information content (AvgIpc) is 3.31. The number of aromatic nitrogens is 2. The maximum Gasteiger partial charge on any atom is 0.191 e. The molecule has 0 bridgehead atoms. The summed E-state index contributed by atoms with van der Waals surface area (Å²) < 4.78 is 2.08. The van der Waals surface area contributed by atoms with Gasteiger partial charge in [0.15, 0.2) is 5.96 Å². The van der Waals surface area contributed by atoms with Crippen LogP contribution in [0.3, 0.4) is 0 Å². The summed E-state index contributed by atoms with van der Waals surface area (Å²) in [5, 5.41) is 7.11. The van der Waals surface area contributed by atoms with Gasteiger partial charge in [-0.05, 0) is 35.1 Å². The molecule has 1 aromatic heterocycles. The molecule has 1 aliphatic rings. The molecule has 0 saturated heterocycles. The molecule has 0 spiro atoms. The smallest absolute Gasteiger partial charge is 0.191 e. The molecule has 31 heavy (non-hydrogen) atoms. The van der Waals surface area contributed by atoms with E-state index in [0.29, 0.717) is 6.04 Å². The van der Waals surface area contributed by atoms with E-state index in [-0.39, 0.29) is 24.0 Å². The number of imidazole rings is 1. The first-order valence-corrected chi connectivity index (χ1v) is 10.9. The Labute approximate surface area is 202 Å². The van der Waals surface area contributed by atoms with Crippen LogP contribution in [0.1, 0.15) is 43.2 Å². The Balaban J connectivity index is 0.00000272. The third-order valence-corrected chi connectivity index (χ3v) is 5.82. The van der Waals surface area contributed by atoms with E-state index in [1.54, 1.807) is 0 Å². The topological polar surface area (TPSA) is 54.2 Å². The maximum absolute atomic E-state index is 4.43. The number of hydrogen-bond acceptors (Lipinski definition) is 2. The van der Waals surface area contributed by atoms with Crippen LogP contribution in [0.4, 0.5) is 0 Å². The van der Waals surface area contributed by atoms with Crippen LogP contribution >= 0.6 is 24.0 Å². The highest BCUT2D eigenvalue weighted by Crippen LogP contribution is 2.24. The zero-order valence-electron chi connectivity index (χ0n) is 18.1. The van der Waals surface area contributed by atoms with Crippen LogP contribution in [0.15, 0.2) is 72.2 Å². The molecule has 1 heterocycles. The Morgan fingerprint density at radius 2 is 1.84 bits per heavy atom. The number of nitrogens with zero attached hydrogens (tertiary/aromatic N) is 3. The molecule has 1 saturated carbocycles. The first-order valence-electron chi connectivity index (χ1n) is 10.9. The molecule has 4 rings (SSSR count). The van der Waals surface area contributed by atoms with E-state index in [9.17, 15) is 0 Å². The summed E-state index contributed by atoms with van der Waals surface area (Å²) in [6, 6.07) is 17.9. The van der Waals surface area contributed by atoms with Crippen molar-refractivity contribution < 1.29 is 0 Å². The molecule has 5 nitrogen and oxygen atoms in total. The fraction of sp³-hybridized carbons (Fsp3) is 0.360. The van der Waals surface area contributed by atoms with Crippen LogP contribution in [0.5, 0.6) is 0 Å². The van der Waals surface area contributed by atoms with Crippen molar-refractivity contribution in [3.63, 3.8) is 0 Å². The molecule has 0 unspecified atom stereocenters. The van der Waals surface area contributed by atoms with Gasteiger partial charge in [0.2, 0.25) is 0 Å². The van der Waals surface area contributed by atoms with E-state index < -0.39 is 0 Å². The van der Waals surface area contributed by atoms with Crippen molar-refractivity contribution in [3.05, 3.63) is 78.4 Å². The number of aliphatic imine (C=N–C) groups is 1. The highest BCUT2D eigenvalue weighted by atomic mass is 127. The molecule has 2 N–H and O–H groups in total. The standard InChI is InChI=1S/C25H31N5.HI/c1-26-25(29-23-8-3-2-4-9-23)28-17-22-7-5-6-10-24(22)21-13-11-20(12-14-21)18-30-16-15-27-19-30;/h5-7,10-16,19,23H,2-4,8-9,17-18H2,1H3,(H2,26,28,29);1H. The fourth-order valence-electron chi connectivity index (χ4n) is 4.15. The minimum atomic E-state index is 0. The highest BCUT2D eigenvalue weighted by Gasteiger charge is 2.14. The summed E-state index contributed by atoms with van der Waals surface area (Å²) in [5.74, 6) is 0.896. The summed E-state index contributed by atoms with van der Waals surface area (Å²) in [7, 11) is 1.85. The monoisotopic (exact) mass is 529 g/mol. The van der Waals surface area contributed by atoms with Crippen LogP contribution in [0, 0.1) is 0 Å². The molecule has 0 atom stereocenters. The number of halogens is 1. The van der Waals surface area contributed by atoms with Gasteiger partial charge in [-0.2, -0.15) is 0 Å². The number of nitrogens with one attached hydrogen (secondary N) is 2. The van der Waals surface area contributed by atoms with Gasteiger partial charge in [0.1, 0.15) is 0 Å². The third kappa shape index (κ3) is 6.56. The van der Waals surface area contributed by atoms with E-state index in [2.05, 4.69) is 73.7 Å². The molecule has 6 heteroatoms. The number of hydrogen-bond donors (Lipinski definition) is 2. The molecule has 1 fully saturated rings. The van der Waals surface area contributed by atoms with Crippen LogP contribution in [0.2, 0.25) is 0 Å². The summed E-state index contributed by atoms with van der Waals surface area (Å²) in [6.07, 6.45) is 12.1. The summed E-state index contributed by atoms with van der Waals surface area (Å²) in [6.45, 7) is 1.59. The van der Waals surface area contributed by atoms with Crippen molar-refractivity contribution in [2.24, 2.45) is 4.99 Å². The third-order valence-electron chi connectivity index (χ3n) is 5.82. The Hall–Kier alpha value is -2.35. The number of benzene rings is 2. The molecule has 0 radical (unpaired) electrons. The van der Waals surface area contributed by atoms with Crippen molar-refractivity contribution in [2.75, 3.05) is 7.05 Å². The van der Waals surface area contributed by atoms with Crippen molar-refractivity contribution in [2.45, 2.75) is 51.2 Å². The minimum Gasteiger partial charge on any atom is -0.354 e. The van der Waals surface area contributed by atoms with Gasteiger partial charge in [0.05, 0.1) is 6.33 Å². The average molecular weight is 529 g/mol. The van der Waals surface area contributed by atoms with Gasteiger partial charge in [0.25, 0.3) is 0 Å². The van der Waals surface area contributed by atoms with E-state index >= 15 is 0 Å². The van der Waals surface area contributed by atoms with Gasteiger partial charge in [-0.1, -0.05) is 67.8 Å². The lowest BCUT2D eigenvalue weighted by Gasteiger charge is -2.25. The SMILES string of the molecule is CN=C(NCc1ccccc1-c1ccc(Cn2ccnc2)cc1)NC1CCCCC1.I. The fourth-order valence-corrected chi connectivity index (χ4v) is 4.15. The van der Waals surface area contributed by atoms with E-state index in [0.717, 1.165) is 19.0 Å². The lowest BCUT2D eigenvalue weighted by molar-refractivity contribution is 0.410. The summed E-state index contributed by atoms with van der Waals surface area (Å²) >= 11 is 0. The van der Waals surface area contributed by atoms with Crippen LogP contribution in [-0.2, 0) is 13.1 Å². The summed E-state index contributed by atoms with van der Waals surface area (Å²) in [5.41, 5.74) is 5.03. The molecule has 2 aromatic carbocycles. The van der Waals surface area contributed by atoms with Crippen LogP contribution in [0.25, 0.3) is 11.1 Å². The molecule has 3 aromatic rings. The Bertz CT molecular complexity index is 944. The largest absolute Gasteiger partial charge is 0.354 e. The highest BCUT2D eigenvalue weighted by molar-refractivity contribution is 14.0. The molecule has 0 aliphatic heterocycles. The Morgan fingerprint density at radius 1 is 1.06 bits per heavy atom. The predicted octanol–water partition coefficient (Wildman–Crippen LogP) is 5.21. The van der Waals surface area contributed by atoms with Crippen molar-refractivity contribution in [1.29, 1.82) is 0 Å². The second-order valence-electron chi connectivity index (χ2n) is 7.99. The minimum absolute atomic E-state index is 0. The first kappa shape index (κ1) is 23.3. The quantitative estimate of drug-likeness (QED) is 0.262. The zero-order valence-corrected chi connectivity index (χ0v) is 20.5. The molecular weight excluding hydrogens is 497 g/mol. The van der Waals surface area contributed by atoms with Gasteiger partial charge in [-0.3, -0.25) is 4.99 Å². The second-order valence-corrected chi connectivity index (χ2v) is 7.99. The molecule has 0 amide bonds.